The smallest absolute Gasteiger partial charge is 0.281 e. The Kier molecular flexibility index (Phi) is 8.08. The van der Waals surface area contributed by atoms with Crippen LogP contribution < -0.4 is 19.9 Å². The average Bonchev–Trinajstić information content (AvgIpc) is 3.77. The predicted octanol–water partition coefficient (Wildman–Crippen LogP) is 6.13. The topological polar surface area (TPSA) is 86.5 Å². The number of methoxy groups -OCH3 is 2. The number of Topliss-reactive ketones (excluding diaryl/α,β-unsaturated/α-hetero) is 1. The number of nitrogens with zero attached hydrogens (tertiary/aromatic N) is 4. The van der Waals surface area contributed by atoms with E-state index in [9.17, 15) is 9.59 Å². The second-order valence-electron chi connectivity index (χ2n) is 10.4. The fraction of sp³-hybridized carbons (Fsp3) is 0.312. The lowest BCUT2D eigenvalue weighted by atomic mass is 10.0. The number of fused-ring (bicyclic) bond motifs is 1. The minimum atomic E-state index is -0.237. The molecule has 1 fully saturated rings. The van der Waals surface area contributed by atoms with Crippen molar-refractivity contribution in [3.63, 3.8) is 0 Å². The molecule has 0 unspecified atom stereocenters. The molecule has 0 radical (unpaired) electrons. The molecule has 0 saturated carbocycles. The van der Waals surface area contributed by atoms with Crippen molar-refractivity contribution in [2.45, 2.75) is 45.2 Å². The van der Waals surface area contributed by atoms with Gasteiger partial charge in [0, 0.05) is 29.5 Å². The first kappa shape index (κ1) is 28.1. The fourth-order valence-electron chi connectivity index (χ4n) is 5.47. The van der Waals surface area contributed by atoms with E-state index < -0.39 is 0 Å². The maximum Gasteiger partial charge on any atom is 0.281 e. The summed E-state index contributed by atoms with van der Waals surface area (Å²) >= 11 is 2.98. The largest absolute Gasteiger partial charge is 0.497 e. The van der Waals surface area contributed by atoms with Gasteiger partial charge in [0.15, 0.2) is 27.1 Å². The molecule has 0 N–H and O–H groups in total. The first-order valence-corrected chi connectivity index (χ1v) is 15.6. The third kappa shape index (κ3) is 5.56. The standard InChI is InChI=1S/C32H32N4O4S2/c1-20-11-16-27(41-20)29-34-30-28(31(38)36(29)19-22-13-14-23(39-2)18-26(22)40-3)33-32(42-30)35-17-7-10-24(35)25(37)15-12-21-8-5-4-6-9-21/h4-6,8-9,11,13-14,16,18,24H,7,10,12,15,17,19H2,1-3H3/t24-/m1/s1. The highest BCUT2D eigenvalue weighted by Crippen LogP contribution is 2.35. The Morgan fingerprint density at radius 2 is 1.86 bits per heavy atom. The van der Waals surface area contributed by atoms with E-state index in [1.165, 1.54) is 11.3 Å². The van der Waals surface area contributed by atoms with E-state index in [2.05, 4.69) is 17.0 Å². The lowest BCUT2D eigenvalue weighted by Gasteiger charge is -2.22. The molecule has 2 aromatic carbocycles. The number of thiophene rings is 1. The molecule has 1 saturated heterocycles. The van der Waals surface area contributed by atoms with Crippen LogP contribution in [0.5, 0.6) is 11.5 Å². The van der Waals surface area contributed by atoms with Crippen molar-refractivity contribution < 1.29 is 14.3 Å². The summed E-state index contributed by atoms with van der Waals surface area (Å²) in [5, 5.41) is 0.679. The van der Waals surface area contributed by atoms with E-state index in [4.69, 9.17) is 19.4 Å². The van der Waals surface area contributed by atoms with Crippen LogP contribution in [0.1, 0.15) is 35.3 Å². The van der Waals surface area contributed by atoms with Gasteiger partial charge in [-0.3, -0.25) is 14.2 Å². The number of thiazole rings is 1. The lowest BCUT2D eigenvalue weighted by molar-refractivity contribution is -0.120. The van der Waals surface area contributed by atoms with Crippen LogP contribution in [0.2, 0.25) is 0 Å². The van der Waals surface area contributed by atoms with E-state index in [0.29, 0.717) is 45.6 Å². The molecule has 8 nitrogen and oxygen atoms in total. The maximum absolute atomic E-state index is 14.1. The number of carbonyl (C=O) groups is 1. The molecule has 216 valence electrons. The van der Waals surface area contributed by atoms with Crippen LogP contribution in [0.15, 0.2) is 65.5 Å². The Hall–Kier alpha value is -4.02. The highest BCUT2D eigenvalue weighted by molar-refractivity contribution is 7.21. The van der Waals surface area contributed by atoms with Crippen LogP contribution in [0.3, 0.4) is 0 Å². The molecule has 0 amide bonds. The summed E-state index contributed by atoms with van der Waals surface area (Å²) < 4.78 is 12.7. The number of anilines is 1. The van der Waals surface area contributed by atoms with Gasteiger partial charge in [0.05, 0.1) is 31.7 Å². The summed E-state index contributed by atoms with van der Waals surface area (Å²) in [6, 6.07) is 19.4. The van der Waals surface area contributed by atoms with Crippen molar-refractivity contribution >= 4 is 43.9 Å². The van der Waals surface area contributed by atoms with Gasteiger partial charge in [0.25, 0.3) is 5.56 Å². The number of carbonyl (C=O) groups excluding carboxylic acids is 1. The molecule has 0 aliphatic carbocycles. The van der Waals surface area contributed by atoms with Gasteiger partial charge >= 0.3 is 0 Å². The minimum Gasteiger partial charge on any atom is -0.497 e. The summed E-state index contributed by atoms with van der Waals surface area (Å²) in [5.41, 5.74) is 2.09. The third-order valence-electron chi connectivity index (χ3n) is 7.67. The van der Waals surface area contributed by atoms with Crippen LogP contribution in [0.4, 0.5) is 5.13 Å². The van der Waals surface area contributed by atoms with Crippen LogP contribution in [-0.4, -0.2) is 47.1 Å². The average molecular weight is 601 g/mol. The first-order chi connectivity index (χ1) is 20.4. The molecular formula is C32H32N4O4S2. The third-order valence-corrected chi connectivity index (χ3v) is 9.65. The monoisotopic (exact) mass is 600 g/mol. The van der Waals surface area contributed by atoms with E-state index in [-0.39, 0.29) is 23.9 Å². The molecule has 1 aliphatic rings. The molecule has 5 aromatic rings. The summed E-state index contributed by atoms with van der Waals surface area (Å²) in [6.45, 7) is 3.03. The van der Waals surface area contributed by atoms with Gasteiger partial charge < -0.3 is 14.4 Å². The molecule has 1 aliphatic heterocycles. The number of hydrogen-bond donors (Lipinski definition) is 0. The van der Waals surface area contributed by atoms with E-state index >= 15 is 0 Å². The Bertz CT molecular complexity index is 1790. The number of rotatable bonds is 10. The number of ether oxygens (including phenoxy) is 2. The summed E-state index contributed by atoms with van der Waals surface area (Å²) in [6.07, 6.45) is 2.89. The molecule has 0 spiro atoms. The maximum atomic E-state index is 14.1. The summed E-state index contributed by atoms with van der Waals surface area (Å²) in [7, 11) is 3.21. The summed E-state index contributed by atoms with van der Waals surface area (Å²) in [5.74, 6) is 2.11. The molecule has 6 rings (SSSR count). The van der Waals surface area contributed by atoms with Crippen LogP contribution in [-0.2, 0) is 17.8 Å². The quantitative estimate of drug-likeness (QED) is 0.191. The fourth-order valence-corrected chi connectivity index (χ4v) is 7.34. The van der Waals surface area contributed by atoms with Crippen molar-refractivity contribution in [1.29, 1.82) is 0 Å². The number of ketones is 1. The Labute approximate surface area is 252 Å². The predicted molar refractivity (Wildman–Crippen MR) is 169 cm³/mol. The molecule has 42 heavy (non-hydrogen) atoms. The van der Waals surface area contributed by atoms with Crippen molar-refractivity contribution in [2.75, 3.05) is 25.7 Å². The second kappa shape index (κ2) is 12.1. The van der Waals surface area contributed by atoms with E-state index in [0.717, 1.165) is 40.3 Å². The zero-order valence-corrected chi connectivity index (χ0v) is 25.5. The van der Waals surface area contributed by atoms with Gasteiger partial charge in [-0.2, -0.15) is 0 Å². The van der Waals surface area contributed by atoms with Gasteiger partial charge in [0.2, 0.25) is 0 Å². The first-order valence-electron chi connectivity index (χ1n) is 14.0. The Balaban J connectivity index is 1.36. The van der Waals surface area contributed by atoms with Crippen LogP contribution in [0.25, 0.3) is 21.0 Å². The van der Waals surface area contributed by atoms with Gasteiger partial charge in [-0.05, 0) is 56.0 Å². The molecular weight excluding hydrogens is 569 g/mol. The Morgan fingerprint density at radius 3 is 2.60 bits per heavy atom. The number of benzene rings is 2. The van der Waals surface area contributed by atoms with Crippen LogP contribution in [0, 0.1) is 6.92 Å². The van der Waals surface area contributed by atoms with Gasteiger partial charge in [-0.25, -0.2) is 9.97 Å². The molecule has 10 heteroatoms. The highest BCUT2D eigenvalue weighted by atomic mass is 32.1. The zero-order chi connectivity index (χ0) is 29.2. The normalized spacial score (nSPS) is 14.9. The molecule has 4 heterocycles. The number of hydrogen-bond acceptors (Lipinski definition) is 9. The highest BCUT2D eigenvalue weighted by Gasteiger charge is 2.33. The second-order valence-corrected chi connectivity index (χ2v) is 12.6. The van der Waals surface area contributed by atoms with Gasteiger partial charge in [-0.1, -0.05) is 41.7 Å². The van der Waals surface area contributed by atoms with Gasteiger partial charge in [-0.15, -0.1) is 11.3 Å². The minimum absolute atomic E-state index is 0.210. The van der Waals surface area contributed by atoms with Crippen molar-refractivity contribution in [3.05, 3.63) is 87.0 Å². The lowest BCUT2D eigenvalue weighted by Crippen LogP contribution is -2.36. The van der Waals surface area contributed by atoms with Crippen molar-refractivity contribution in [2.24, 2.45) is 0 Å². The summed E-state index contributed by atoms with van der Waals surface area (Å²) in [4.78, 5) is 41.9. The SMILES string of the molecule is COc1ccc(Cn2c(-c3ccc(C)s3)nc3sc(N4CCC[C@@H]4C(=O)CCc4ccccc4)nc3c2=O)c(OC)c1. The Morgan fingerprint density at radius 1 is 1.02 bits per heavy atom. The van der Waals surface area contributed by atoms with E-state index in [1.54, 1.807) is 30.1 Å². The van der Waals surface area contributed by atoms with Crippen LogP contribution >= 0.6 is 22.7 Å². The van der Waals surface area contributed by atoms with E-state index in [1.807, 2.05) is 55.5 Å². The van der Waals surface area contributed by atoms with Gasteiger partial charge in [0.1, 0.15) is 11.5 Å². The zero-order valence-electron chi connectivity index (χ0n) is 23.8. The molecule has 0 bridgehead atoms. The number of aryl methyl sites for hydroxylation is 2. The van der Waals surface area contributed by atoms with Crippen molar-refractivity contribution in [1.82, 2.24) is 14.5 Å². The molecule has 1 atom stereocenters. The van der Waals surface area contributed by atoms with Crippen molar-refractivity contribution in [3.8, 4) is 22.2 Å². The number of aromatic nitrogens is 3. The molecule has 3 aromatic heterocycles.